The lowest BCUT2D eigenvalue weighted by Gasteiger charge is -2.54. The molecule has 1 aromatic carbocycles. The largest absolute Gasteiger partial charge is 0.488 e. The van der Waals surface area contributed by atoms with Crippen LogP contribution in [0.25, 0.3) is 0 Å². The second-order valence-electron chi connectivity index (χ2n) is 6.09. The van der Waals surface area contributed by atoms with Gasteiger partial charge in [0.25, 0.3) is 0 Å². The third-order valence-corrected chi connectivity index (χ3v) is 7.22. The van der Waals surface area contributed by atoms with Crippen LogP contribution in [0.3, 0.4) is 0 Å². The standard InChI is InChI=1S/C16H20I3NO/c1-2-20-13-9-14(16(13)5-3-4-6-16)21-15-11(18)7-10(17)8-12(15)19/h7-8,13-14,20H,2-6,9H2,1H3. The molecule has 2 aliphatic rings. The maximum atomic E-state index is 6.52. The van der Waals surface area contributed by atoms with Gasteiger partial charge in [-0.05, 0) is 99.3 Å². The molecule has 5 heteroatoms. The van der Waals surface area contributed by atoms with Gasteiger partial charge in [-0.25, -0.2) is 0 Å². The monoisotopic (exact) mass is 623 g/mol. The summed E-state index contributed by atoms with van der Waals surface area (Å²) in [6, 6.07) is 5.08. The maximum absolute atomic E-state index is 6.52. The first-order valence-corrected chi connectivity index (χ1v) is 10.8. The molecule has 2 unspecified atom stereocenters. The van der Waals surface area contributed by atoms with Crippen molar-refractivity contribution in [1.29, 1.82) is 0 Å². The SMILES string of the molecule is CCNC1CC(Oc2c(I)cc(I)cc2I)C12CCCC2. The van der Waals surface area contributed by atoms with Crippen molar-refractivity contribution in [3.8, 4) is 5.75 Å². The van der Waals surface area contributed by atoms with Crippen LogP contribution in [0.15, 0.2) is 12.1 Å². The first-order valence-electron chi connectivity index (χ1n) is 7.61. The molecule has 1 aromatic rings. The van der Waals surface area contributed by atoms with Crippen LogP contribution in [-0.4, -0.2) is 18.7 Å². The highest BCUT2D eigenvalue weighted by Crippen LogP contribution is 2.55. The van der Waals surface area contributed by atoms with Gasteiger partial charge in [0.1, 0.15) is 11.9 Å². The van der Waals surface area contributed by atoms with Crippen LogP contribution in [-0.2, 0) is 0 Å². The summed E-state index contributed by atoms with van der Waals surface area (Å²) in [5, 5.41) is 3.68. The lowest BCUT2D eigenvalue weighted by atomic mass is 9.60. The van der Waals surface area contributed by atoms with Crippen molar-refractivity contribution in [2.45, 2.75) is 51.2 Å². The highest BCUT2D eigenvalue weighted by atomic mass is 127. The Kier molecular flexibility index (Phi) is 5.64. The summed E-state index contributed by atoms with van der Waals surface area (Å²) >= 11 is 7.19. The second kappa shape index (κ2) is 6.96. The molecule has 0 saturated heterocycles. The van der Waals surface area contributed by atoms with Gasteiger partial charge in [-0.3, -0.25) is 0 Å². The summed E-state index contributed by atoms with van der Waals surface area (Å²) in [6.07, 6.45) is 6.93. The predicted molar refractivity (Wildman–Crippen MR) is 112 cm³/mol. The molecule has 0 aromatic heterocycles. The average Bonchev–Trinajstić information content (AvgIpc) is 2.92. The highest BCUT2D eigenvalue weighted by molar-refractivity contribution is 14.1. The number of nitrogens with one attached hydrogen (secondary N) is 1. The van der Waals surface area contributed by atoms with E-state index in [9.17, 15) is 0 Å². The molecule has 0 bridgehead atoms. The van der Waals surface area contributed by atoms with E-state index in [0.29, 0.717) is 17.6 Å². The summed E-state index contributed by atoms with van der Waals surface area (Å²) in [5.74, 6) is 1.10. The molecule has 116 valence electrons. The molecule has 2 atom stereocenters. The molecule has 0 aliphatic heterocycles. The number of benzene rings is 1. The van der Waals surface area contributed by atoms with Crippen LogP contribution >= 0.6 is 67.8 Å². The van der Waals surface area contributed by atoms with Crippen molar-refractivity contribution in [1.82, 2.24) is 5.32 Å². The normalized spacial score (nSPS) is 26.9. The van der Waals surface area contributed by atoms with Gasteiger partial charge in [0.05, 0.1) is 7.14 Å². The number of ether oxygens (including phenoxy) is 1. The Labute approximate surface area is 168 Å². The van der Waals surface area contributed by atoms with Gasteiger partial charge in [-0.1, -0.05) is 19.8 Å². The average molecular weight is 623 g/mol. The summed E-state index contributed by atoms with van der Waals surface area (Å²) in [5.41, 5.74) is 0.394. The quantitative estimate of drug-likeness (QED) is 0.467. The maximum Gasteiger partial charge on any atom is 0.146 e. The van der Waals surface area contributed by atoms with Crippen molar-refractivity contribution in [3.05, 3.63) is 22.8 Å². The van der Waals surface area contributed by atoms with Crippen molar-refractivity contribution in [2.75, 3.05) is 6.54 Å². The molecular weight excluding hydrogens is 603 g/mol. The summed E-state index contributed by atoms with van der Waals surface area (Å²) in [7, 11) is 0. The molecule has 0 radical (unpaired) electrons. The third-order valence-electron chi connectivity index (χ3n) is 4.99. The van der Waals surface area contributed by atoms with Gasteiger partial charge in [0, 0.05) is 21.4 Å². The smallest absolute Gasteiger partial charge is 0.146 e. The fraction of sp³-hybridized carbons (Fsp3) is 0.625. The van der Waals surface area contributed by atoms with Crippen LogP contribution in [0.5, 0.6) is 5.75 Å². The Morgan fingerprint density at radius 1 is 1.19 bits per heavy atom. The van der Waals surface area contributed by atoms with Crippen LogP contribution in [0.1, 0.15) is 39.0 Å². The Morgan fingerprint density at radius 3 is 2.38 bits per heavy atom. The molecule has 21 heavy (non-hydrogen) atoms. The summed E-state index contributed by atoms with van der Waals surface area (Å²) in [4.78, 5) is 0. The van der Waals surface area contributed by atoms with Crippen LogP contribution in [0, 0.1) is 16.1 Å². The Hall–Kier alpha value is 1.17. The molecule has 1 spiro atoms. The van der Waals surface area contributed by atoms with Crippen LogP contribution < -0.4 is 10.1 Å². The molecule has 2 fully saturated rings. The van der Waals surface area contributed by atoms with E-state index >= 15 is 0 Å². The van der Waals surface area contributed by atoms with Crippen molar-refractivity contribution in [2.24, 2.45) is 5.41 Å². The lowest BCUT2D eigenvalue weighted by molar-refractivity contribution is -0.0763. The minimum atomic E-state index is 0.394. The van der Waals surface area contributed by atoms with E-state index in [-0.39, 0.29) is 0 Å². The van der Waals surface area contributed by atoms with E-state index in [1.165, 1.54) is 36.4 Å². The Morgan fingerprint density at radius 2 is 1.81 bits per heavy atom. The van der Waals surface area contributed by atoms with Gasteiger partial charge in [-0.2, -0.15) is 0 Å². The lowest BCUT2D eigenvalue weighted by Crippen LogP contribution is -2.63. The fourth-order valence-corrected chi connectivity index (χ4v) is 7.77. The van der Waals surface area contributed by atoms with E-state index in [2.05, 4.69) is 92.1 Å². The van der Waals surface area contributed by atoms with E-state index in [1.54, 1.807) is 0 Å². The molecule has 2 saturated carbocycles. The van der Waals surface area contributed by atoms with Gasteiger partial charge < -0.3 is 10.1 Å². The molecular formula is C16H20I3NO. The zero-order valence-corrected chi connectivity index (χ0v) is 18.6. The number of hydrogen-bond acceptors (Lipinski definition) is 2. The minimum Gasteiger partial charge on any atom is -0.488 e. The molecule has 3 rings (SSSR count). The molecule has 0 amide bonds. The molecule has 1 N–H and O–H groups in total. The highest BCUT2D eigenvalue weighted by Gasteiger charge is 2.57. The molecule has 2 aliphatic carbocycles. The van der Waals surface area contributed by atoms with Crippen molar-refractivity contribution >= 4 is 67.8 Å². The van der Waals surface area contributed by atoms with E-state index in [1.807, 2.05) is 0 Å². The van der Waals surface area contributed by atoms with Crippen molar-refractivity contribution < 1.29 is 4.74 Å². The number of halogens is 3. The Bertz CT molecular complexity index is 505. The van der Waals surface area contributed by atoms with E-state index in [0.717, 1.165) is 18.7 Å². The van der Waals surface area contributed by atoms with Gasteiger partial charge in [0.2, 0.25) is 0 Å². The second-order valence-corrected chi connectivity index (χ2v) is 9.66. The summed E-state index contributed by atoms with van der Waals surface area (Å²) in [6.45, 7) is 3.28. The van der Waals surface area contributed by atoms with Crippen molar-refractivity contribution in [3.63, 3.8) is 0 Å². The number of hydrogen-bond donors (Lipinski definition) is 1. The van der Waals surface area contributed by atoms with Gasteiger partial charge >= 0.3 is 0 Å². The zero-order valence-electron chi connectivity index (χ0n) is 12.1. The van der Waals surface area contributed by atoms with Gasteiger partial charge in [-0.15, -0.1) is 0 Å². The fourth-order valence-electron chi connectivity index (χ4n) is 3.93. The summed E-state index contributed by atoms with van der Waals surface area (Å²) < 4.78 is 10.3. The first-order chi connectivity index (χ1) is 10.1. The van der Waals surface area contributed by atoms with E-state index < -0.39 is 0 Å². The minimum absolute atomic E-state index is 0.394. The predicted octanol–water partition coefficient (Wildman–Crippen LogP) is 5.19. The number of rotatable bonds is 4. The van der Waals surface area contributed by atoms with Crippen LogP contribution in [0.2, 0.25) is 0 Å². The Balaban J connectivity index is 1.80. The van der Waals surface area contributed by atoms with Crippen LogP contribution in [0.4, 0.5) is 0 Å². The molecule has 0 heterocycles. The first kappa shape index (κ1) is 17.0. The topological polar surface area (TPSA) is 21.3 Å². The molecule has 2 nitrogen and oxygen atoms in total. The zero-order chi connectivity index (χ0) is 15.0. The third kappa shape index (κ3) is 3.22. The van der Waals surface area contributed by atoms with E-state index in [4.69, 9.17) is 4.74 Å². The van der Waals surface area contributed by atoms with Gasteiger partial charge in [0.15, 0.2) is 0 Å².